The van der Waals surface area contributed by atoms with Crippen LogP contribution < -0.4 is 9.30 Å². The summed E-state index contributed by atoms with van der Waals surface area (Å²) in [6, 6.07) is 58.4. The molecule has 1 aliphatic heterocycles. The number of aryl methyl sites for hydroxylation is 2. The van der Waals surface area contributed by atoms with Crippen LogP contribution in [0.3, 0.4) is 0 Å². The van der Waals surface area contributed by atoms with E-state index in [1.165, 1.54) is 18.2 Å². The Labute approximate surface area is 515 Å². The van der Waals surface area contributed by atoms with E-state index in [0.29, 0.717) is 50.7 Å². The molecule has 5 nitrogen and oxygen atoms in total. The summed E-state index contributed by atoms with van der Waals surface area (Å²) in [5.74, 6) is 1.94. The zero-order valence-corrected chi connectivity index (χ0v) is 49.2. The van der Waals surface area contributed by atoms with Gasteiger partial charge in [0.05, 0.1) is 40.3 Å². The van der Waals surface area contributed by atoms with Crippen molar-refractivity contribution in [2.75, 3.05) is 0 Å². The number of hydrogen-bond donors (Lipinski definition) is 0. The van der Waals surface area contributed by atoms with Crippen LogP contribution >= 0.6 is 0 Å². The molecule has 0 saturated carbocycles. The van der Waals surface area contributed by atoms with E-state index in [1.54, 1.807) is 6.07 Å². The number of rotatable bonds is 7. The quantitative estimate of drug-likeness (QED) is 0.118. The molecule has 416 valence electrons. The normalized spacial score (nSPS) is 14.6. The first-order valence-corrected chi connectivity index (χ1v) is 28.9. The van der Waals surface area contributed by atoms with E-state index in [-0.39, 0.29) is 33.2 Å². The topological polar surface area (TPSA) is 35.9 Å². The Bertz CT molecular complexity index is 5290. The second kappa shape index (κ2) is 20.1. The Hall–Kier alpha value is -9.58. The van der Waals surface area contributed by atoms with Gasteiger partial charge < -0.3 is 4.74 Å². The van der Waals surface area contributed by atoms with Crippen LogP contribution in [0.4, 0.5) is 0 Å². The number of fused-ring (bicyclic) bond motifs is 10. The Morgan fingerprint density at radius 1 is 0.459 bits per heavy atom. The van der Waals surface area contributed by atoms with Crippen LogP contribution in [0.25, 0.3) is 117 Å². The third-order valence-electron chi connectivity index (χ3n) is 16.7. The number of aromatic nitrogens is 4. The number of benzene rings is 10. The van der Waals surface area contributed by atoms with Crippen molar-refractivity contribution >= 4 is 32.8 Å². The monoisotopic (exact) mass is 1110 g/mol. The average Bonchev–Trinajstić information content (AvgIpc) is 1.45. The van der Waals surface area contributed by atoms with Crippen LogP contribution in [0.2, 0.25) is 0 Å². The number of ether oxygens (including phenoxy) is 1. The van der Waals surface area contributed by atoms with Gasteiger partial charge in [-0.05, 0) is 185 Å². The third kappa shape index (κ3) is 9.25. The van der Waals surface area contributed by atoms with Gasteiger partial charge >= 0.3 is 0 Å². The maximum Gasteiger partial charge on any atom is 0.269 e. The lowest BCUT2D eigenvalue weighted by molar-refractivity contribution is -0.570. The molecule has 0 radical (unpaired) electrons. The van der Waals surface area contributed by atoms with Gasteiger partial charge in [0.25, 0.3) is 6.33 Å². The molecular formula is C80H70N4O. The van der Waals surface area contributed by atoms with Crippen LogP contribution in [0, 0.1) is 20.0 Å². The minimum Gasteiger partial charge on any atom is -0.458 e. The second-order valence-electron chi connectivity index (χ2n) is 25.4. The van der Waals surface area contributed by atoms with E-state index in [9.17, 15) is 2.74 Å². The van der Waals surface area contributed by atoms with Crippen molar-refractivity contribution in [3.05, 3.63) is 259 Å². The molecule has 0 spiro atoms. The largest absolute Gasteiger partial charge is 0.458 e. The fourth-order valence-electron chi connectivity index (χ4n) is 12.4. The molecule has 10 aromatic carbocycles. The summed E-state index contributed by atoms with van der Waals surface area (Å²) in [7, 11) is 0. The van der Waals surface area contributed by atoms with Crippen LogP contribution in [0.1, 0.15) is 105 Å². The summed E-state index contributed by atoms with van der Waals surface area (Å²) in [5, 5.41) is 2.13. The molecule has 0 amide bonds. The lowest BCUT2D eigenvalue weighted by Gasteiger charge is -2.28. The molecule has 0 fully saturated rings. The molecule has 0 unspecified atom stereocenters. The molecule has 0 N–H and O–H groups in total. The molecule has 14 rings (SSSR count). The smallest absolute Gasteiger partial charge is 0.269 e. The fraction of sp³-hybridized carbons (Fsp3) is 0.175. The molecule has 1 aliphatic rings. The first kappa shape index (κ1) is 42.3. The van der Waals surface area contributed by atoms with Crippen LogP contribution in [-0.4, -0.2) is 14.1 Å². The fourth-order valence-corrected chi connectivity index (χ4v) is 12.4. The molecule has 0 bridgehead atoms. The standard InChI is InChI=1S/C80H70N4O/c1-50-23-19-24-51(2)74(50)54-43-68(53-41-56(79(6,7)8)45-57(42-53)80(9,10)11)76-69(44-54)75-61(52-25-13-12-14-26-52)32-21-33-66(75)62-29-15-16-30-63(62)67-34-22-36-71-77(67)83(76)49-82(71)58-27-20-28-59(47-58)85-60-37-38-65-64-31-17-18-35-70(64)84(72(65)48-60)73-46-55(39-40-81-73)78(3,4)5/h12-48H,1-11H3/i1D3,2D3,12D,13D,14D,25D,26D. The lowest BCUT2D eigenvalue weighted by atomic mass is 9.77. The lowest BCUT2D eigenvalue weighted by Crippen LogP contribution is -2.32. The highest BCUT2D eigenvalue weighted by Gasteiger charge is 2.31. The van der Waals surface area contributed by atoms with Crippen molar-refractivity contribution in [2.24, 2.45) is 0 Å². The zero-order valence-electron chi connectivity index (χ0n) is 60.2. The molecular weight excluding hydrogens is 1030 g/mol. The van der Waals surface area contributed by atoms with E-state index in [2.05, 4.69) is 140 Å². The van der Waals surface area contributed by atoms with Gasteiger partial charge in [0.1, 0.15) is 17.3 Å². The van der Waals surface area contributed by atoms with Gasteiger partial charge in [-0.25, -0.2) is 4.98 Å². The van der Waals surface area contributed by atoms with Crippen molar-refractivity contribution in [2.45, 2.75) is 92.3 Å². The minimum absolute atomic E-state index is 0.00705. The van der Waals surface area contributed by atoms with Crippen molar-refractivity contribution in [3.8, 4) is 95.5 Å². The highest BCUT2D eigenvalue weighted by Crippen LogP contribution is 2.51. The molecule has 3 aromatic heterocycles. The van der Waals surface area contributed by atoms with Gasteiger partial charge in [-0.3, -0.25) is 13.7 Å². The van der Waals surface area contributed by atoms with Crippen molar-refractivity contribution in [3.63, 3.8) is 0 Å². The van der Waals surface area contributed by atoms with E-state index in [4.69, 9.17) is 22.1 Å². The Morgan fingerprint density at radius 2 is 1.07 bits per heavy atom. The van der Waals surface area contributed by atoms with Gasteiger partial charge in [0.15, 0.2) is 0 Å². The van der Waals surface area contributed by atoms with Crippen LogP contribution in [0.15, 0.2) is 224 Å². The Kier molecular flexibility index (Phi) is 9.97. The molecule has 0 aliphatic carbocycles. The summed E-state index contributed by atoms with van der Waals surface area (Å²) in [4.78, 5) is 4.92. The van der Waals surface area contributed by atoms with Crippen LogP contribution in [-0.2, 0) is 16.2 Å². The van der Waals surface area contributed by atoms with Gasteiger partial charge in [0.2, 0.25) is 0 Å². The second-order valence-corrected chi connectivity index (χ2v) is 25.4. The van der Waals surface area contributed by atoms with Gasteiger partial charge in [-0.2, -0.15) is 0 Å². The summed E-state index contributed by atoms with van der Waals surface area (Å²) in [6.07, 6.45) is 5.77. The first-order valence-electron chi connectivity index (χ1n) is 34.4. The maximum atomic E-state index is 9.66. The third-order valence-corrected chi connectivity index (χ3v) is 16.7. The Balaban J connectivity index is 1.10. The average molecular weight is 1110 g/mol. The van der Waals surface area contributed by atoms with E-state index >= 15 is 0 Å². The van der Waals surface area contributed by atoms with Gasteiger partial charge in [-0.15, -0.1) is 0 Å². The highest BCUT2D eigenvalue weighted by molar-refractivity contribution is 6.10. The molecule has 85 heavy (non-hydrogen) atoms. The predicted octanol–water partition coefficient (Wildman–Crippen LogP) is 20.8. The number of imidazole rings is 1. The number of para-hydroxylation sites is 2. The molecule has 5 heteroatoms. The molecule has 4 heterocycles. The summed E-state index contributed by atoms with van der Waals surface area (Å²) in [5.41, 5.74) is 12.3. The maximum absolute atomic E-state index is 9.66. The number of hydrogen-bond acceptors (Lipinski definition) is 2. The first-order chi connectivity index (χ1) is 45.4. The molecule has 13 aromatic rings. The Morgan fingerprint density at radius 3 is 1.81 bits per heavy atom. The number of nitrogens with zero attached hydrogens (tertiary/aromatic N) is 4. The summed E-state index contributed by atoms with van der Waals surface area (Å²) >= 11 is 0. The van der Waals surface area contributed by atoms with Crippen molar-refractivity contribution < 1.29 is 24.4 Å². The van der Waals surface area contributed by atoms with E-state index < -0.39 is 54.7 Å². The van der Waals surface area contributed by atoms with Gasteiger partial charge in [-0.1, -0.05) is 214 Å². The summed E-state index contributed by atoms with van der Waals surface area (Å²) < 4.78 is 114. The predicted molar refractivity (Wildman–Crippen MR) is 354 cm³/mol. The highest BCUT2D eigenvalue weighted by atomic mass is 16.5. The van der Waals surface area contributed by atoms with E-state index in [0.717, 1.165) is 77.6 Å². The SMILES string of the molecule is [2H]c1c([2H])c([2H])c(-c2cccc3c2-c2cc(-c4c(C([2H])([2H])[2H])cccc4C([2H])([2H])[2H])cc(-c4cc(C(C)(C)C)cc(C(C)(C)C)c4)c2-[n+]2[c-]n(-c4cccc(Oc5ccc6c7ccccc7n(-c7cc(C(C)(C)C)ccn7)c6c5)c4)c4cccc(c42)-c2ccccc2-3)c([2H])c1[2H]. The molecule has 0 saturated heterocycles. The van der Waals surface area contributed by atoms with Crippen molar-refractivity contribution in [1.29, 1.82) is 0 Å². The van der Waals surface area contributed by atoms with Crippen LogP contribution in [0.5, 0.6) is 11.5 Å². The van der Waals surface area contributed by atoms with Crippen molar-refractivity contribution in [1.82, 2.24) is 14.1 Å². The van der Waals surface area contributed by atoms with Gasteiger partial charge in [0, 0.05) is 31.3 Å². The minimum atomic E-state index is -2.80. The summed E-state index contributed by atoms with van der Waals surface area (Å²) in [6.45, 7) is 13.9. The molecule has 0 atom stereocenters. The van der Waals surface area contributed by atoms with E-state index in [1.807, 2.05) is 112 Å². The number of pyridine rings is 1. The zero-order chi connectivity index (χ0) is 68.0.